The van der Waals surface area contributed by atoms with E-state index in [0.717, 1.165) is 5.39 Å². The van der Waals surface area contributed by atoms with Crippen LogP contribution in [0.1, 0.15) is 5.56 Å². The van der Waals surface area contributed by atoms with E-state index in [1.165, 1.54) is 15.9 Å². The van der Waals surface area contributed by atoms with Crippen LogP contribution in [0.3, 0.4) is 0 Å². The van der Waals surface area contributed by atoms with Crippen molar-refractivity contribution >= 4 is 29.5 Å². The molecule has 25 heavy (non-hydrogen) atoms. The van der Waals surface area contributed by atoms with Crippen molar-refractivity contribution in [2.75, 3.05) is 0 Å². The van der Waals surface area contributed by atoms with Gasteiger partial charge in [-0.25, -0.2) is 0 Å². The van der Waals surface area contributed by atoms with Gasteiger partial charge in [0.2, 0.25) is 8.24 Å². The predicted octanol–water partition coefficient (Wildman–Crippen LogP) is 3.75. The van der Waals surface area contributed by atoms with Crippen molar-refractivity contribution in [1.29, 1.82) is 5.26 Å². The summed E-state index contributed by atoms with van der Waals surface area (Å²) in [7, 11) is -2.18. The maximum atomic E-state index is 9.17. The molecule has 0 unspecified atom stereocenters. The lowest BCUT2D eigenvalue weighted by atomic mass is 10.2. The normalized spacial score (nSPS) is 11.4. The molecule has 1 heterocycles. The van der Waals surface area contributed by atoms with Gasteiger partial charge in [-0.3, -0.25) is 0 Å². The van der Waals surface area contributed by atoms with E-state index in [2.05, 4.69) is 95.8 Å². The lowest BCUT2D eigenvalue weighted by molar-refractivity contribution is 1.23. The first kappa shape index (κ1) is 15.4. The van der Waals surface area contributed by atoms with Crippen LogP contribution in [0, 0.1) is 11.3 Å². The van der Waals surface area contributed by atoms with Crippen LogP contribution in [0.4, 0.5) is 0 Å². The molecular weight excluding hydrogens is 320 g/mol. The Balaban J connectivity index is 2.01. The summed E-state index contributed by atoms with van der Waals surface area (Å²) in [6.45, 7) is 2.38. The predicted molar refractivity (Wildman–Crippen MR) is 106 cm³/mol. The number of benzene rings is 3. The summed E-state index contributed by atoms with van der Waals surface area (Å²) in [5.41, 5.74) is 1.88. The molecule has 0 N–H and O–H groups in total. The molecule has 0 saturated heterocycles. The Kier molecular flexibility index (Phi) is 3.76. The third-order valence-electron chi connectivity index (χ3n) is 4.97. The fourth-order valence-corrected chi connectivity index (χ4v) is 7.20. The van der Waals surface area contributed by atoms with Gasteiger partial charge in [0.15, 0.2) is 0 Å². The Morgan fingerprint density at radius 1 is 0.800 bits per heavy atom. The summed E-state index contributed by atoms with van der Waals surface area (Å²) in [5.74, 6) is 0. The number of rotatable bonds is 3. The number of nitriles is 1. The van der Waals surface area contributed by atoms with Crippen LogP contribution in [0.2, 0.25) is 6.55 Å². The summed E-state index contributed by atoms with van der Waals surface area (Å²) >= 11 is 0. The molecule has 120 valence electrons. The van der Waals surface area contributed by atoms with Crippen LogP contribution in [-0.2, 0) is 0 Å². The highest BCUT2D eigenvalue weighted by molar-refractivity contribution is 7.00. The molecule has 0 atom stereocenters. The van der Waals surface area contributed by atoms with Crippen LogP contribution in [0.25, 0.3) is 10.9 Å². The zero-order valence-corrected chi connectivity index (χ0v) is 15.1. The zero-order valence-electron chi connectivity index (χ0n) is 14.1. The highest BCUT2D eigenvalue weighted by Crippen LogP contribution is 2.22. The number of hydrogen-bond acceptors (Lipinski definition) is 1. The molecule has 3 aromatic carbocycles. The van der Waals surface area contributed by atoms with Gasteiger partial charge in [0.1, 0.15) is 0 Å². The summed E-state index contributed by atoms with van der Waals surface area (Å²) in [6, 6.07) is 31.8. The van der Waals surface area contributed by atoms with E-state index in [-0.39, 0.29) is 0 Å². The second-order valence-electron chi connectivity index (χ2n) is 6.38. The molecule has 1 aromatic heterocycles. The second-order valence-corrected chi connectivity index (χ2v) is 10.2. The third-order valence-corrected chi connectivity index (χ3v) is 9.24. The van der Waals surface area contributed by atoms with Crippen LogP contribution < -0.4 is 10.4 Å². The first-order valence-electron chi connectivity index (χ1n) is 8.36. The Hall–Kier alpha value is -3.09. The number of fused-ring (bicyclic) bond motifs is 1. The molecule has 0 aliphatic heterocycles. The van der Waals surface area contributed by atoms with Gasteiger partial charge in [0.25, 0.3) is 0 Å². The fourth-order valence-electron chi connectivity index (χ4n) is 3.57. The van der Waals surface area contributed by atoms with Crippen molar-refractivity contribution in [2.24, 2.45) is 0 Å². The molecule has 0 amide bonds. The fraction of sp³-hybridized carbons (Fsp3) is 0.0455. The minimum absolute atomic E-state index is 0.702. The second kappa shape index (κ2) is 6.08. The largest absolute Gasteiger partial charge is 0.366 e. The molecule has 4 rings (SSSR count). The van der Waals surface area contributed by atoms with Gasteiger partial charge in [-0.05, 0) is 47.4 Å². The molecule has 4 aromatic rings. The van der Waals surface area contributed by atoms with Crippen LogP contribution in [0.5, 0.6) is 0 Å². The van der Waals surface area contributed by atoms with Gasteiger partial charge in [-0.15, -0.1) is 0 Å². The Labute approximate surface area is 148 Å². The molecule has 0 aliphatic rings. The topological polar surface area (TPSA) is 28.7 Å². The third kappa shape index (κ3) is 2.48. The molecule has 0 radical (unpaired) electrons. The molecule has 2 nitrogen and oxygen atoms in total. The quantitative estimate of drug-likeness (QED) is 0.523. The Morgan fingerprint density at radius 3 is 1.96 bits per heavy atom. The molecule has 0 bridgehead atoms. The van der Waals surface area contributed by atoms with E-state index >= 15 is 0 Å². The van der Waals surface area contributed by atoms with Crippen LogP contribution in [-0.4, -0.2) is 12.5 Å². The van der Waals surface area contributed by atoms with Gasteiger partial charge in [-0.1, -0.05) is 60.7 Å². The molecule has 3 heteroatoms. The molecule has 0 spiro atoms. The van der Waals surface area contributed by atoms with Crippen molar-refractivity contribution in [3.05, 3.63) is 96.7 Å². The zero-order chi connectivity index (χ0) is 17.3. The monoisotopic (exact) mass is 338 g/mol. The van der Waals surface area contributed by atoms with Crippen molar-refractivity contribution in [1.82, 2.24) is 4.23 Å². The van der Waals surface area contributed by atoms with Crippen LogP contribution in [0.15, 0.2) is 91.1 Å². The highest BCUT2D eigenvalue weighted by atomic mass is 28.3. The number of nitrogens with zero attached hydrogens (tertiary/aromatic N) is 2. The standard InChI is InChI=1S/C22H18N2Si/c1-25(20-8-4-2-5-9-20,21-10-6-3-7-11-21)24-15-14-19-16-18(17-23)12-13-22(19)24/h2-16H,1H3. The van der Waals surface area contributed by atoms with Crippen molar-refractivity contribution in [3.63, 3.8) is 0 Å². The average Bonchev–Trinajstić information content (AvgIpc) is 3.12. The molecule has 0 aliphatic carbocycles. The minimum Gasteiger partial charge on any atom is -0.366 e. The van der Waals surface area contributed by atoms with Crippen molar-refractivity contribution < 1.29 is 0 Å². The number of hydrogen-bond donors (Lipinski definition) is 0. The maximum absolute atomic E-state index is 9.17. The van der Waals surface area contributed by atoms with E-state index in [1.807, 2.05) is 12.1 Å². The van der Waals surface area contributed by atoms with Gasteiger partial charge in [0.05, 0.1) is 11.6 Å². The minimum atomic E-state index is -2.18. The SMILES string of the molecule is C[Si](c1ccccc1)(c1ccccc1)n1ccc2cc(C#N)ccc21. The average molecular weight is 338 g/mol. The summed E-state index contributed by atoms with van der Waals surface area (Å²) in [5, 5.41) is 13.0. The number of aromatic nitrogens is 1. The summed E-state index contributed by atoms with van der Waals surface area (Å²) in [6.07, 6.45) is 2.18. The lowest BCUT2D eigenvalue weighted by Crippen LogP contribution is -2.61. The van der Waals surface area contributed by atoms with Gasteiger partial charge in [-0.2, -0.15) is 5.26 Å². The van der Waals surface area contributed by atoms with E-state index in [9.17, 15) is 5.26 Å². The maximum Gasteiger partial charge on any atom is 0.221 e. The first-order chi connectivity index (χ1) is 12.2. The highest BCUT2D eigenvalue weighted by Gasteiger charge is 2.35. The summed E-state index contributed by atoms with van der Waals surface area (Å²) in [4.78, 5) is 0. The lowest BCUT2D eigenvalue weighted by Gasteiger charge is -2.31. The van der Waals surface area contributed by atoms with E-state index in [1.54, 1.807) is 0 Å². The Morgan fingerprint density at radius 2 is 1.40 bits per heavy atom. The smallest absolute Gasteiger partial charge is 0.221 e. The van der Waals surface area contributed by atoms with Gasteiger partial charge in [0, 0.05) is 10.9 Å². The van der Waals surface area contributed by atoms with Crippen molar-refractivity contribution in [2.45, 2.75) is 6.55 Å². The molecule has 0 fully saturated rings. The molecule has 0 saturated carbocycles. The van der Waals surface area contributed by atoms with Crippen molar-refractivity contribution in [3.8, 4) is 6.07 Å². The van der Waals surface area contributed by atoms with Gasteiger partial charge < -0.3 is 4.23 Å². The van der Waals surface area contributed by atoms with Crippen LogP contribution >= 0.6 is 0 Å². The van der Waals surface area contributed by atoms with E-state index < -0.39 is 8.24 Å². The summed E-state index contributed by atoms with van der Waals surface area (Å²) < 4.78 is 2.44. The molecular formula is C22H18N2Si. The first-order valence-corrected chi connectivity index (χ1v) is 10.8. The Bertz CT molecular complexity index is 1020. The van der Waals surface area contributed by atoms with E-state index in [4.69, 9.17) is 0 Å². The van der Waals surface area contributed by atoms with E-state index in [0.29, 0.717) is 5.56 Å². The van der Waals surface area contributed by atoms with Gasteiger partial charge >= 0.3 is 0 Å².